The van der Waals surface area contributed by atoms with Crippen LogP contribution in [0.15, 0.2) is 42.5 Å². The summed E-state index contributed by atoms with van der Waals surface area (Å²) in [5.74, 6) is 2.13. The lowest BCUT2D eigenvalue weighted by molar-refractivity contribution is 0.286. The fourth-order valence-electron chi connectivity index (χ4n) is 2.88. The summed E-state index contributed by atoms with van der Waals surface area (Å²) in [6, 6.07) is 14.8. The van der Waals surface area contributed by atoms with E-state index in [1.807, 2.05) is 19.1 Å². The maximum absolute atomic E-state index is 4.61. The quantitative estimate of drug-likeness (QED) is 0.718. The molecule has 0 radical (unpaired) electrons. The van der Waals surface area contributed by atoms with Gasteiger partial charge in [-0.1, -0.05) is 44.2 Å². The highest BCUT2D eigenvalue weighted by Crippen LogP contribution is 2.14. The van der Waals surface area contributed by atoms with Gasteiger partial charge >= 0.3 is 0 Å². The fraction of sp³-hybridized carbons (Fsp3) is 0.421. The van der Waals surface area contributed by atoms with Crippen molar-refractivity contribution in [3.8, 4) is 0 Å². The van der Waals surface area contributed by atoms with E-state index < -0.39 is 0 Å². The number of nitrogens with zero attached hydrogens (tertiary/aromatic N) is 5. The van der Waals surface area contributed by atoms with Crippen LogP contribution in [0.3, 0.4) is 0 Å². The van der Waals surface area contributed by atoms with Crippen molar-refractivity contribution in [2.75, 3.05) is 18.9 Å². The Hall–Kier alpha value is -2.47. The number of benzene rings is 1. The highest BCUT2D eigenvalue weighted by atomic mass is 15.4. The van der Waals surface area contributed by atoms with Crippen LogP contribution in [0.25, 0.3) is 5.65 Å². The van der Waals surface area contributed by atoms with E-state index in [4.69, 9.17) is 0 Å². The maximum atomic E-state index is 4.61. The Morgan fingerprint density at radius 3 is 2.56 bits per heavy atom. The van der Waals surface area contributed by atoms with Gasteiger partial charge < -0.3 is 10.2 Å². The summed E-state index contributed by atoms with van der Waals surface area (Å²) in [6.45, 7) is 8.24. The fourth-order valence-corrected chi connectivity index (χ4v) is 2.88. The van der Waals surface area contributed by atoms with Crippen LogP contribution in [0.4, 0.5) is 5.82 Å². The lowest BCUT2D eigenvalue weighted by Gasteiger charge is -2.28. The van der Waals surface area contributed by atoms with Crippen molar-refractivity contribution in [2.24, 2.45) is 5.92 Å². The molecule has 0 amide bonds. The van der Waals surface area contributed by atoms with E-state index in [0.717, 1.165) is 30.4 Å². The van der Waals surface area contributed by atoms with Gasteiger partial charge in [0.05, 0.1) is 0 Å². The monoisotopic (exact) mass is 338 g/mol. The summed E-state index contributed by atoms with van der Waals surface area (Å²) in [5, 5.41) is 16.3. The lowest BCUT2D eigenvalue weighted by Crippen LogP contribution is -2.38. The second kappa shape index (κ2) is 7.61. The first kappa shape index (κ1) is 17.4. The molecule has 6 heteroatoms. The molecule has 2 heterocycles. The first-order chi connectivity index (χ1) is 12.0. The zero-order chi connectivity index (χ0) is 17.8. The standard InChI is InChI=1S/C19H26N6/c1-14(2)17(13-24(4)12-16-8-6-5-7-9-16)20-18-10-11-19-22-21-15(3)25(19)23-18/h5-11,14,17H,12-13H2,1-4H3,(H,20,23). The molecule has 6 nitrogen and oxygen atoms in total. The second-order valence-electron chi connectivity index (χ2n) is 6.91. The van der Waals surface area contributed by atoms with E-state index in [-0.39, 0.29) is 0 Å². The van der Waals surface area contributed by atoms with E-state index in [0.29, 0.717) is 12.0 Å². The summed E-state index contributed by atoms with van der Waals surface area (Å²) in [5.41, 5.74) is 2.09. The van der Waals surface area contributed by atoms with Crippen molar-refractivity contribution in [3.05, 3.63) is 53.9 Å². The third-order valence-corrected chi connectivity index (χ3v) is 4.36. The summed E-state index contributed by atoms with van der Waals surface area (Å²) in [7, 11) is 2.16. The summed E-state index contributed by atoms with van der Waals surface area (Å²) in [4.78, 5) is 2.34. The van der Waals surface area contributed by atoms with Gasteiger partial charge in [0.1, 0.15) is 5.82 Å². The number of nitrogens with one attached hydrogen (secondary N) is 1. The van der Waals surface area contributed by atoms with E-state index in [1.165, 1.54) is 5.56 Å². The number of fused-ring (bicyclic) bond motifs is 1. The van der Waals surface area contributed by atoms with Crippen LogP contribution in [0.2, 0.25) is 0 Å². The third-order valence-electron chi connectivity index (χ3n) is 4.36. The zero-order valence-corrected chi connectivity index (χ0v) is 15.3. The number of anilines is 1. The molecule has 0 aliphatic rings. The summed E-state index contributed by atoms with van der Waals surface area (Å²) < 4.78 is 1.77. The highest BCUT2D eigenvalue weighted by Gasteiger charge is 2.17. The molecule has 3 rings (SSSR count). The van der Waals surface area contributed by atoms with Crippen molar-refractivity contribution in [2.45, 2.75) is 33.4 Å². The molecule has 0 saturated carbocycles. The van der Waals surface area contributed by atoms with Crippen LogP contribution in [0.5, 0.6) is 0 Å². The number of rotatable bonds is 7. The van der Waals surface area contributed by atoms with Gasteiger partial charge in [-0.15, -0.1) is 15.3 Å². The Balaban J connectivity index is 1.68. The molecule has 0 bridgehead atoms. The van der Waals surface area contributed by atoms with Crippen molar-refractivity contribution < 1.29 is 0 Å². The molecule has 1 aromatic carbocycles. The highest BCUT2D eigenvalue weighted by molar-refractivity contribution is 5.44. The Morgan fingerprint density at radius 2 is 1.84 bits per heavy atom. The first-order valence-corrected chi connectivity index (χ1v) is 8.71. The topological polar surface area (TPSA) is 58.4 Å². The number of aromatic nitrogens is 4. The van der Waals surface area contributed by atoms with E-state index >= 15 is 0 Å². The van der Waals surface area contributed by atoms with Crippen molar-refractivity contribution >= 4 is 11.5 Å². The van der Waals surface area contributed by atoms with Gasteiger partial charge in [-0.25, -0.2) is 0 Å². The van der Waals surface area contributed by atoms with Gasteiger partial charge in [0.2, 0.25) is 0 Å². The second-order valence-corrected chi connectivity index (χ2v) is 6.91. The van der Waals surface area contributed by atoms with Crippen molar-refractivity contribution in [1.82, 2.24) is 24.7 Å². The van der Waals surface area contributed by atoms with Gasteiger partial charge in [0.25, 0.3) is 0 Å². The predicted molar refractivity (Wildman–Crippen MR) is 101 cm³/mol. The van der Waals surface area contributed by atoms with Gasteiger partial charge in [-0.05, 0) is 37.6 Å². The van der Waals surface area contributed by atoms with Crippen LogP contribution in [0, 0.1) is 12.8 Å². The van der Waals surface area contributed by atoms with Gasteiger partial charge in [0, 0.05) is 19.1 Å². The minimum absolute atomic E-state index is 0.301. The lowest BCUT2D eigenvalue weighted by atomic mass is 10.0. The molecule has 25 heavy (non-hydrogen) atoms. The molecule has 0 spiro atoms. The largest absolute Gasteiger partial charge is 0.364 e. The number of hydrogen-bond acceptors (Lipinski definition) is 5. The van der Waals surface area contributed by atoms with Gasteiger partial charge in [-0.2, -0.15) is 4.52 Å². The molecule has 2 aromatic heterocycles. The van der Waals surface area contributed by atoms with Crippen LogP contribution in [-0.4, -0.2) is 44.3 Å². The molecule has 1 atom stereocenters. The number of aryl methyl sites for hydroxylation is 1. The average molecular weight is 338 g/mol. The molecule has 0 fully saturated rings. The Morgan fingerprint density at radius 1 is 1.08 bits per heavy atom. The molecule has 132 valence electrons. The average Bonchev–Trinajstić information content (AvgIpc) is 2.96. The van der Waals surface area contributed by atoms with Gasteiger partial charge in [0.15, 0.2) is 11.5 Å². The molecule has 3 aromatic rings. The van der Waals surface area contributed by atoms with Crippen LogP contribution in [-0.2, 0) is 6.54 Å². The van der Waals surface area contributed by atoms with Crippen molar-refractivity contribution in [1.29, 1.82) is 0 Å². The predicted octanol–water partition coefficient (Wildman–Crippen LogP) is 3.00. The molecule has 1 N–H and O–H groups in total. The zero-order valence-electron chi connectivity index (χ0n) is 15.3. The van der Waals surface area contributed by atoms with E-state index in [2.05, 4.69) is 76.7 Å². The van der Waals surface area contributed by atoms with E-state index in [1.54, 1.807) is 4.52 Å². The number of hydrogen-bond donors (Lipinski definition) is 1. The summed E-state index contributed by atoms with van der Waals surface area (Å²) >= 11 is 0. The molecular weight excluding hydrogens is 312 g/mol. The van der Waals surface area contributed by atoms with Crippen LogP contribution >= 0.6 is 0 Å². The molecule has 0 aliphatic heterocycles. The Kier molecular flexibility index (Phi) is 5.28. The Bertz CT molecular complexity index is 811. The molecule has 0 aliphatic carbocycles. The maximum Gasteiger partial charge on any atom is 0.178 e. The minimum atomic E-state index is 0.301. The Labute approximate surface area is 148 Å². The first-order valence-electron chi connectivity index (χ1n) is 8.71. The SMILES string of the molecule is Cc1nnc2ccc(NC(CN(C)Cc3ccccc3)C(C)C)nn12. The van der Waals surface area contributed by atoms with E-state index in [9.17, 15) is 0 Å². The van der Waals surface area contributed by atoms with Crippen LogP contribution < -0.4 is 5.32 Å². The number of likely N-dealkylation sites (N-methyl/N-ethyl adjacent to an activating group) is 1. The van der Waals surface area contributed by atoms with Gasteiger partial charge in [-0.3, -0.25) is 0 Å². The minimum Gasteiger partial charge on any atom is -0.364 e. The molecule has 1 unspecified atom stereocenters. The van der Waals surface area contributed by atoms with Crippen LogP contribution in [0.1, 0.15) is 25.2 Å². The molecular formula is C19H26N6. The smallest absolute Gasteiger partial charge is 0.178 e. The summed E-state index contributed by atoms with van der Waals surface area (Å²) in [6.07, 6.45) is 0. The normalized spacial score (nSPS) is 12.9. The molecule has 0 saturated heterocycles. The third kappa shape index (κ3) is 4.33. The van der Waals surface area contributed by atoms with Crippen molar-refractivity contribution in [3.63, 3.8) is 0 Å².